The molecule has 0 bridgehead atoms. The van der Waals surface area contributed by atoms with Crippen LogP contribution in [0.5, 0.6) is 0 Å². The zero-order chi connectivity index (χ0) is 23.7. The van der Waals surface area contributed by atoms with Gasteiger partial charge in [0.2, 0.25) is 0 Å². The second kappa shape index (κ2) is 10.00. The van der Waals surface area contributed by atoms with Crippen molar-refractivity contribution in [3.63, 3.8) is 0 Å². The van der Waals surface area contributed by atoms with Crippen LogP contribution in [0.2, 0.25) is 0 Å². The molecule has 7 nitrogen and oxygen atoms in total. The Morgan fingerprint density at radius 2 is 1.79 bits per heavy atom. The molecular formula is C24H31N5O2S2. The van der Waals surface area contributed by atoms with Gasteiger partial charge < -0.3 is 9.80 Å². The molecule has 3 heterocycles. The number of thioether (sulfide) groups is 1. The predicted octanol–water partition coefficient (Wildman–Crippen LogP) is 3.33. The number of rotatable bonds is 5. The van der Waals surface area contributed by atoms with Crippen LogP contribution >= 0.6 is 24.0 Å². The fourth-order valence-electron chi connectivity index (χ4n) is 5.14. The van der Waals surface area contributed by atoms with Gasteiger partial charge in [-0.15, -0.1) is 0 Å². The van der Waals surface area contributed by atoms with Crippen molar-refractivity contribution in [2.75, 3.05) is 37.6 Å². The van der Waals surface area contributed by atoms with Crippen LogP contribution in [0.4, 0.5) is 5.82 Å². The summed E-state index contributed by atoms with van der Waals surface area (Å²) in [6, 6.07) is 2.29. The number of piperazine rings is 1. The van der Waals surface area contributed by atoms with Gasteiger partial charge in [0, 0.05) is 44.3 Å². The lowest BCUT2D eigenvalue weighted by molar-refractivity contribution is -0.123. The van der Waals surface area contributed by atoms with E-state index in [2.05, 4.69) is 22.8 Å². The molecule has 2 saturated heterocycles. The van der Waals surface area contributed by atoms with Crippen molar-refractivity contribution in [2.24, 2.45) is 0 Å². The van der Waals surface area contributed by atoms with Gasteiger partial charge in [-0.05, 0) is 44.9 Å². The van der Waals surface area contributed by atoms with E-state index >= 15 is 0 Å². The maximum Gasteiger partial charge on any atom is 0.270 e. The average molecular weight is 486 g/mol. The molecule has 3 fully saturated rings. The fourth-order valence-corrected chi connectivity index (χ4v) is 6.52. The molecular weight excluding hydrogens is 454 g/mol. The number of thiocarbonyl (C=S) groups is 1. The molecule has 1 aromatic rings. The molecule has 1 aromatic heterocycles. The number of anilines is 1. The van der Waals surface area contributed by atoms with Crippen molar-refractivity contribution in [1.82, 2.24) is 14.4 Å². The smallest absolute Gasteiger partial charge is 0.270 e. The summed E-state index contributed by atoms with van der Waals surface area (Å²) >= 11 is 6.92. The Hall–Kier alpha value is -2.15. The number of hydrogen-bond acceptors (Lipinski definition) is 7. The monoisotopic (exact) mass is 485 g/mol. The number of pyridine rings is 1. The largest absolute Gasteiger partial charge is 0.355 e. The van der Waals surface area contributed by atoms with Crippen LogP contribution in [0.1, 0.15) is 56.2 Å². The van der Waals surface area contributed by atoms with Gasteiger partial charge in [-0.2, -0.15) is 5.26 Å². The molecule has 4 rings (SSSR count). The van der Waals surface area contributed by atoms with E-state index in [0.717, 1.165) is 69.8 Å². The Bertz CT molecular complexity index is 1090. The number of amides is 1. The number of likely N-dealkylation sites (N-methyl/N-ethyl adjacent to an activating group) is 1. The molecule has 0 spiro atoms. The first-order chi connectivity index (χ1) is 15.9. The lowest BCUT2D eigenvalue weighted by Gasteiger charge is -2.37. The van der Waals surface area contributed by atoms with Gasteiger partial charge in [0.25, 0.3) is 11.5 Å². The van der Waals surface area contributed by atoms with E-state index in [-0.39, 0.29) is 23.1 Å². The number of nitrogens with zero attached hydrogens (tertiary/aromatic N) is 5. The number of hydrogen-bond donors (Lipinski definition) is 0. The van der Waals surface area contributed by atoms with E-state index in [0.29, 0.717) is 21.3 Å². The molecule has 0 aromatic carbocycles. The van der Waals surface area contributed by atoms with E-state index < -0.39 is 0 Å². The highest BCUT2D eigenvalue weighted by atomic mass is 32.2. The van der Waals surface area contributed by atoms with Crippen molar-refractivity contribution >= 4 is 46.1 Å². The Labute approximate surface area is 205 Å². The molecule has 33 heavy (non-hydrogen) atoms. The van der Waals surface area contributed by atoms with E-state index in [1.54, 1.807) is 9.47 Å². The summed E-state index contributed by atoms with van der Waals surface area (Å²) in [6.07, 6.45) is 6.11. The molecule has 2 aliphatic heterocycles. The van der Waals surface area contributed by atoms with Crippen LogP contribution in [0.3, 0.4) is 0 Å². The normalized spacial score (nSPS) is 21.5. The molecule has 1 aliphatic carbocycles. The highest BCUT2D eigenvalue weighted by molar-refractivity contribution is 8.26. The molecule has 1 amide bonds. The summed E-state index contributed by atoms with van der Waals surface area (Å²) in [5.41, 5.74) is 1.29. The maximum atomic E-state index is 13.4. The first kappa shape index (κ1) is 24.0. The van der Waals surface area contributed by atoms with E-state index in [4.69, 9.17) is 12.2 Å². The minimum atomic E-state index is -0.263. The molecule has 1 saturated carbocycles. The maximum absolute atomic E-state index is 13.4. The summed E-state index contributed by atoms with van der Waals surface area (Å²) in [6.45, 7) is 10.8. The third-order valence-electron chi connectivity index (χ3n) is 7.07. The number of nitriles is 1. The second-order valence-corrected chi connectivity index (χ2v) is 10.5. The molecule has 3 aliphatic rings. The summed E-state index contributed by atoms with van der Waals surface area (Å²) in [5, 5.41) is 9.75. The summed E-state index contributed by atoms with van der Waals surface area (Å²) in [7, 11) is 0. The molecule has 176 valence electrons. The van der Waals surface area contributed by atoms with E-state index in [1.165, 1.54) is 11.8 Å². The topological polar surface area (TPSA) is 72.6 Å². The van der Waals surface area contributed by atoms with Crippen LogP contribution in [0, 0.1) is 18.3 Å². The van der Waals surface area contributed by atoms with Crippen LogP contribution in [0.25, 0.3) is 6.08 Å². The highest BCUT2D eigenvalue weighted by Crippen LogP contribution is 2.39. The van der Waals surface area contributed by atoms with Gasteiger partial charge >= 0.3 is 0 Å². The molecule has 9 heteroatoms. The van der Waals surface area contributed by atoms with Crippen molar-refractivity contribution in [2.45, 2.75) is 59.0 Å². The Morgan fingerprint density at radius 3 is 2.36 bits per heavy atom. The first-order valence-corrected chi connectivity index (χ1v) is 13.1. The van der Waals surface area contributed by atoms with Gasteiger partial charge in [0.05, 0.1) is 4.91 Å². The van der Waals surface area contributed by atoms with Crippen LogP contribution in [-0.4, -0.2) is 63.4 Å². The van der Waals surface area contributed by atoms with E-state index in [9.17, 15) is 14.9 Å². The SMILES string of the molecule is CCN1CCN(c2c(C=C3SC(=S)N(C4CCCC4)C3=O)c(C)c(C#N)c(=O)n2CC)CC1. The number of aromatic nitrogens is 1. The zero-order valence-electron chi connectivity index (χ0n) is 19.6. The zero-order valence-corrected chi connectivity index (χ0v) is 21.2. The average Bonchev–Trinajstić information content (AvgIpc) is 3.43. The van der Waals surface area contributed by atoms with Gasteiger partial charge in [0.15, 0.2) is 0 Å². The van der Waals surface area contributed by atoms with Crippen LogP contribution in [0.15, 0.2) is 9.70 Å². The number of carbonyl (C=O) groups excluding carboxylic acids is 1. The van der Waals surface area contributed by atoms with Crippen LogP contribution in [-0.2, 0) is 11.3 Å². The Balaban J connectivity index is 1.82. The summed E-state index contributed by atoms with van der Waals surface area (Å²) < 4.78 is 2.30. The Morgan fingerprint density at radius 1 is 1.12 bits per heavy atom. The van der Waals surface area contributed by atoms with Gasteiger partial charge in [-0.1, -0.05) is 43.7 Å². The van der Waals surface area contributed by atoms with Gasteiger partial charge in [0.1, 0.15) is 21.8 Å². The van der Waals surface area contributed by atoms with Gasteiger partial charge in [-0.3, -0.25) is 19.1 Å². The third kappa shape index (κ3) is 4.36. The van der Waals surface area contributed by atoms with Crippen molar-refractivity contribution in [1.29, 1.82) is 5.26 Å². The van der Waals surface area contributed by atoms with E-state index in [1.807, 2.05) is 19.9 Å². The minimum absolute atomic E-state index is 0.0502. The summed E-state index contributed by atoms with van der Waals surface area (Å²) in [4.78, 5) is 33.5. The standard InChI is InChI=1S/C24H31N5O2S2/c1-4-26-10-12-27(13-11-26)21-18(16(3)19(15-25)22(30)28(21)5-2)14-20-23(31)29(24(32)33-20)17-8-6-7-9-17/h14,17H,4-13H2,1-3H3. The highest BCUT2D eigenvalue weighted by Gasteiger charge is 2.38. The van der Waals surface area contributed by atoms with Crippen molar-refractivity contribution < 1.29 is 4.79 Å². The molecule has 0 radical (unpaired) electrons. The predicted molar refractivity (Wildman–Crippen MR) is 137 cm³/mol. The molecule has 0 unspecified atom stereocenters. The lowest BCUT2D eigenvalue weighted by atomic mass is 10.0. The second-order valence-electron chi connectivity index (χ2n) is 8.81. The van der Waals surface area contributed by atoms with Crippen molar-refractivity contribution in [3.8, 4) is 6.07 Å². The quantitative estimate of drug-likeness (QED) is 0.468. The lowest BCUT2D eigenvalue weighted by Crippen LogP contribution is -2.48. The fraction of sp³-hybridized carbons (Fsp3) is 0.583. The third-order valence-corrected chi connectivity index (χ3v) is 8.40. The minimum Gasteiger partial charge on any atom is -0.355 e. The van der Waals surface area contributed by atoms with Crippen LogP contribution < -0.4 is 10.5 Å². The van der Waals surface area contributed by atoms with Gasteiger partial charge in [-0.25, -0.2) is 0 Å². The molecule has 0 N–H and O–H groups in total. The summed E-state index contributed by atoms with van der Waals surface area (Å²) in [5.74, 6) is 0.756. The Kier molecular flexibility index (Phi) is 7.27. The first-order valence-electron chi connectivity index (χ1n) is 11.8. The number of carbonyl (C=O) groups is 1. The molecule has 0 atom stereocenters. The van der Waals surface area contributed by atoms with Crippen molar-refractivity contribution in [3.05, 3.63) is 31.9 Å².